The number of nitrogens with one attached hydrogen (secondary N) is 6. The fraction of sp³-hybridized carbons (Fsp3) is 0.347. The molecule has 3 amide bonds. The second-order valence-electron chi connectivity index (χ2n) is 16.6. The van der Waals surface area contributed by atoms with E-state index >= 15 is 0 Å². The second kappa shape index (κ2) is 19.9. The van der Waals surface area contributed by atoms with Crippen LogP contribution in [0.15, 0.2) is 98.3 Å². The third kappa shape index (κ3) is 10.1. The maximum Gasteiger partial charge on any atom is 0.407 e. The Morgan fingerprint density at radius 2 is 1.11 bits per heavy atom. The van der Waals surface area contributed by atoms with Crippen LogP contribution in [-0.4, -0.2) is 40.2 Å². The Morgan fingerprint density at radius 1 is 0.645 bits per heavy atom. The Balaban J connectivity index is 0.000000128. The first-order chi connectivity index (χ1) is 30.0. The Morgan fingerprint density at radius 3 is 1.61 bits per heavy atom. The summed E-state index contributed by atoms with van der Waals surface area (Å²) in [4.78, 5) is 33.9. The average Bonchev–Trinajstić information content (AvgIpc) is 3.95. The molecule has 3 aliphatic carbocycles. The van der Waals surface area contributed by atoms with Crippen LogP contribution in [0.3, 0.4) is 0 Å². The van der Waals surface area contributed by atoms with E-state index in [9.17, 15) is 9.59 Å². The molecule has 4 aromatic carbocycles. The number of aromatic nitrogens is 3. The van der Waals surface area contributed by atoms with Gasteiger partial charge in [-0.25, -0.2) is 9.59 Å². The van der Waals surface area contributed by atoms with Crippen molar-refractivity contribution < 1.29 is 19.1 Å². The van der Waals surface area contributed by atoms with Crippen molar-refractivity contribution in [3.8, 4) is 0 Å². The van der Waals surface area contributed by atoms with Gasteiger partial charge in [0.05, 0.1) is 31.9 Å². The van der Waals surface area contributed by atoms with Gasteiger partial charge in [0, 0.05) is 69.3 Å². The van der Waals surface area contributed by atoms with Crippen LogP contribution in [0.1, 0.15) is 110 Å². The van der Waals surface area contributed by atoms with Crippen molar-refractivity contribution >= 4 is 92.6 Å². The molecule has 13 heteroatoms. The van der Waals surface area contributed by atoms with Crippen molar-refractivity contribution in [2.45, 2.75) is 102 Å². The number of benzene rings is 4. The molecule has 62 heavy (non-hydrogen) atoms. The fourth-order valence-corrected chi connectivity index (χ4v) is 10.2. The number of hydrogen-bond acceptors (Lipinski definition) is 4. The van der Waals surface area contributed by atoms with Crippen LogP contribution in [0.25, 0.3) is 32.7 Å². The first kappa shape index (κ1) is 44.1. The molecule has 3 aromatic heterocycles. The number of halogens is 3. The summed E-state index contributed by atoms with van der Waals surface area (Å²) < 4.78 is 14.2. The van der Waals surface area contributed by atoms with Crippen LogP contribution in [0, 0.1) is 0 Å². The molecule has 0 aliphatic heterocycles. The van der Waals surface area contributed by atoms with E-state index in [4.69, 9.17) is 4.74 Å². The molecule has 7 aromatic rings. The first-order valence-electron chi connectivity index (χ1n) is 21.5. The van der Waals surface area contributed by atoms with Crippen molar-refractivity contribution in [1.82, 2.24) is 30.9 Å². The molecule has 3 unspecified atom stereocenters. The quantitative estimate of drug-likeness (QED) is 0.0988. The minimum atomic E-state index is -0.377. The number of fused-ring (bicyclic) bond motifs is 9. The lowest BCUT2D eigenvalue weighted by Gasteiger charge is -2.24. The smallest absolute Gasteiger partial charge is 0.407 e. The molecule has 3 heterocycles. The van der Waals surface area contributed by atoms with Crippen LogP contribution in [-0.2, 0) is 35.3 Å². The fourth-order valence-electron chi connectivity index (χ4n) is 9.15. The number of methoxy groups -OCH3 is 1. The second-order valence-corrected chi connectivity index (χ2v) is 19.3. The number of aryl methyl sites for hydroxylation is 3. The molecule has 0 spiro atoms. The molecule has 3 aliphatic rings. The molecular weight excluding hydrogens is 976 g/mol. The van der Waals surface area contributed by atoms with E-state index < -0.39 is 0 Å². The lowest BCUT2D eigenvalue weighted by Crippen LogP contribution is -2.42. The zero-order valence-corrected chi connectivity index (χ0v) is 40.0. The van der Waals surface area contributed by atoms with Crippen LogP contribution in [0.5, 0.6) is 0 Å². The maximum absolute atomic E-state index is 12.0. The monoisotopic (exact) mass is 1030 g/mol. The summed E-state index contributed by atoms with van der Waals surface area (Å²) in [5, 5.41) is 12.7. The van der Waals surface area contributed by atoms with Gasteiger partial charge in [0.15, 0.2) is 0 Å². The summed E-state index contributed by atoms with van der Waals surface area (Å²) in [7, 11) is 1.39. The number of urea groups is 1. The molecule has 6 N–H and O–H groups in total. The van der Waals surface area contributed by atoms with Gasteiger partial charge < -0.3 is 40.4 Å². The van der Waals surface area contributed by atoms with Gasteiger partial charge in [0.2, 0.25) is 0 Å². The van der Waals surface area contributed by atoms with E-state index in [-0.39, 0.29) is 36.4 Å². The van der Waals surface area contributed by atoms with E-state index in [1.807, 2.05) is 32.0 Å². The number of carbonyl (C=O) groups is 2. The lowest BCUT2D eigenvalue weighted by atomic mass is 9.92. The van der Waals surface area contributed by atoms with Gasteiger partial charge in [-0.3, -0.25) is 0 Å². The van der Waals surface area contributed by atoms with Gasteiger partial charge >= 0.3 is 12.1 Å². The Bertz CT molecular complexity index is 2690. The Hall–Kier alpha value is -4.56. The number of hydrogen-bond donors (Lipinski definition) is 6. The topological polar surface area (TPSA) is 136 Å². The highest BCUT2D eigenvalue weighted by Crippen LogP contribution is 2.39. The Labute approximate surface area is 387 Å². The van der Waals surface area contributed by atoms with E-state index in [0.717, 1.165) is 87.2 Å². The summed E-state index contributed by atoms with van der Waals surface area (Å²) >= 11 is 10.6. The van der Waals surface area contributed by atoms with Crippen LogP contribution in [0.2, 0.25) is 0 Å². The van der Waals surface area contributed by atoms with E-state index in [2.05, 4.69) is 150 Å². The molecule has 0 saturated carbocycles. The van der Waals surface area contributed by atoms with Crippen molar-refractivity contribution in [3.05, 3.63) is 138 Å². The highest BCUT2D eigenvalue weighted by Gasteiger charge is 2.28. The molecule has 0 saturated heterocycles. The summed E-state index contributed by atoms with van der Waals surface area (Å²) in [5.41, 5.74) is 12.3. The number of amides is 3. The van der Waals surface area contributed by atoms with Crippen LogP contribution >= 0.6 is 47.8 Å². The summed E-state index contributed by atoms with van der Waals surface area (Å²) in [6, 6.07) is 29.5. The van der Waals surface area contributed by atoms with Gasteiger partial charge in [-0.2, -0.15) is 0 Å². The minimum Gasteiger partial charge on any atom is -0.453 e. The van der Waals surface area contributed by atoms with Gasteiger partial charge in [-0.05, 0) is 148 Å². The van der Waals surface area contributed by atoms with E-state index in [1.54, 1.807) is 0 Å². The zero-order chi connectivity index (χ0) is 43.3. The molecule has 0 fully saturated rings. The van der Waals surface area contributed by atoms with Gasteiger partial charge in [0.1, 0.15) is 0 Å². The highest BCUT2D eigenvalue weighted by molar-refractivity contribution is 9.11. The van der Waals surface area contributed by atoms with E-state index in [0.29, 0.717) is 6.61 Å². The lowest BCUT2D eigenvalue weighted by molar-refractivity contribution is 0.0260. The number of carbonyl (C=O) groups excluding carboxylic acids is 2. The van der Waals surface area contributed by atoms with Gasteiger partial charge in [-0.15, -0.1) is 0 Å². The van der Waals surface area contributed by atoms with E-state index in [1.165, 1.54) is 63.2 Å². The number of H-pyrrole nitrogens is 3. The highest BCUT2D eigenvalue weighted by atomic mass is 79.9. The number of rotatable bonds is 6. The van der Waals surface area contributed by atoms with Crippen LogP contribution in [0.4, 0.5) is 9.59 Å². The summed E-state index contributed by atoms with van der Waals surface area (Å²) in [6.07, 6.45) is 9.41. The third-order valence-corrected chi connectivity index (χ3v) is 13.4. The molecular formula is C49H53Br3N6O4. The number of aromatic amines is 3. The van der Waals surface area contributed by atoms with Gasteiger partial charge in [-0.1, -0.05) is 78.1 Å². The number of alkyl carbamates (subject to hydrolysis) is 1. The zero-order valence-electron chi connectivity index (χ0n) is 35.2. The maximum atomic E-state index is 12.0. The molecule has 0 bridgehead atoms. The Kier molecular flexibility index (Phi) is 14.1. The molecule has 10 nitrogen and oxygen atoms in total. The SMILES string of the molecule is Brc1ccc2[nH]c3c(c2c1)CCCC3OCc1ccccc1.CC(C)NC(=O)NC1CCCc2c1[nH]c1ccc(Br)cc21.COC(=O)NC1CCCc2c1[nH]c1ccc(Br)cc21. The first-order valence-corrected chi connectivity index (χ1v) is 23.9. The molecule has 0 radical (unpaired) electrons. The van der Waals surface area contributed by atoms with Crippen molar-refractivity contribution in [3.63, 3.8) is 0 Å². The largest absolute Gasteiger partial charge is 0.453 e. The van der Waals surface area contributed by atoms with Crippen molar-refractivity contribution in [2.75, 3.05) is 7.11 Å². The molecule has 324 valence electrons. The predicted molar refractivity (Wildman–Crippen MR) is 259 cm³/mol. The molecule has 10 rings (SSSR count). The number of ether oxygens (including phenoxy) is 2. The predicted octanol–water partition coefficient (Wildman–Crippen LogP) is 13.2. The van der Waals surface area contributed by atoms with Crippen molar-refractivity contribution in [2.24, 2.45) is 0 Å². The van der Waals surface area contributed by atoms with Gasteiger partial charge in [0.25, 0.3) is 0 Å². The van der Waals surface area contributed by atoms with Crippen molar-refractivity contribution in [1.29, 1.82) is 0 Å². The summed E-state index contributed by atoms with van der Waals surface area (Å²) in [5.74, 6) is 0. The van der Waals surface area contributed by atoms with Crippen LogP contribution < -0.4 is 16.0 Å². The standard InChI is InChI=1S/C19H18BrNO.C16H20BrN3O.C14H15BrN2O2/c20-14-9-10-17-16(11-14)15-7-4-8-18(19(15)21-17)22-12-13-5-2-1-3-6-13;1-9(2)18-16(21)20-14-5-3-4-11-12-8-10(17)6-7-13(12)19-15(11)14;1-19-14(18)17-12-4-2-3-9-10-7-8(15)5-6-11(10)16-13(9)12/h1-3,5-6,9-11,18,21H,4,7-8,12H2;6-9,14,19H,3-5H2,1-2H3,(H2,18,20,21);5-7,12,16H,2-4H2,1H3,(H,17,18). The minimum absolute atomic E-state index is 0.0161. The average molecular weight is 1030 g/mol. The third-order valence-electron chi connectivity index (χ3n) is 12.0. The normalized spacial score (nSPS) is 17.8. The molecule has 3 atom stereocenters. The summed E-state index contributed by atoms with van der Waals surface area (Å²) in [6.45, 7) is 4.60.